The monoisotopic (exact) mass is 300 g/mol. The highest BCUT2D eigenvalue weighted by Gasteiger charge is 2.26. The molecule has 0 radical (unpaired) electrons. The molecule has 4 heteroatoms. The van der Waals surface area contributed by atoms with Gasteiger partial charge in [-0.2, -0.15) is 0 Å². The van der Waals surface area contributed by atoms with Crippen molar-refractivity contribution in [3.63, 3.8) is 0 Å². The van der Waals surface area contributed by atoms with Gasteiger partial charge in [-0.05, 0) is 60.3 Å². The summed E-state index contributed by atoms with van der Waals surface area (Å²) in [4.78, 5) is 11.0. The maximum atomic E-state index is 11.0. The Bertz CT molecular complexity index is 413. The van der Waals surface area contributed by atoms with Crippen molar-refractivity contribution in [3.05, 3.63) is 28.2 Å². The van der Waals surface area contributed by atoms with Crippen molar-refractivity contribution in [3.8, 4) is 5.75 Å². The van der Waals surface area contributed by atoms with Crippen LogP contribution in [0, 0.1) is 5.41 Å². The number of carboxylic acids is 1. The average Bonchev–Trinajstić information content (AvgIpc) is 2.26. The van der Waals surface area contributed by atoms with E-state index in [-0.39, 0.29) is 0 Å². The zero-order valence-electron chi connectivity index (χ0n) is 10.3. The lowest BCUT2D eigenvalue weighted by Crippen LogP contribution is -2.24. The van der Waals surface area contributed by atoms with E-state index in [2.05, 4.69) is 15.9 Å². The summed E-state index contributed by atoms with van der Waals surface area (Å²) in [6.07, 6.45) is 1.35. The van der Waals surface area contributed by atoms with Gasteiger partial charge in [0.1, 0.15) is 5.75 Å². The van der Waals surface area contributed by atoms with E-state index in [0.29, 0.717) is 6.42 Å². The normalized spacial score (nSPS) is 11.3. The maximum absolute atomic E-state index is 11.0. The number of aryl methyl sites for hydroxylation is 1. The Morgan fingerprint density at radius 3 is 2.59 bits per heavy atom. The number of ether oxygens (including phenoxy) is 1. The molecule has 1 aromatic carbocycles. The summed E-state index contributed by atoms with van der Waals surface area (Å²) in [7, 11) is 1.62. The van der Waals surface area contributed by atoms with E-state index in [4.69, 9.17) is 9.84 Å². The zero-order chi connectivity index (χ0) is 13.1. The molecule has 0 atom stereocenters. The van der Waals surface area contributed by atoms with E-state index in [1.807, 2.05) is 18.2 Å². The van der Waals surface area contributed by atoms with Gasteiger partial charge in [-0.15, -0.1) is 0 Å². The third-order valence-electron chi connectivity index (χ3n) is 2.83. The van der Waals surface area contributed by atoms with E-state index in [1.165, 1.54) is 0 Å². The number of halogens is 1. The second-order valence-electron chi connectivity index (χ2n) is 4.66. The number of hydrogen-bond donors (Lipinski definition) is 1. The molecule has 0 spiro atoms. The zero-order valence-corrected chi connectivity index (χ0v) is 11.9. The van der Waals surface area contributed by atoms with Gasteiger partial charge in [0.05, 0.1) is 17.0 Å². The molecule has 0 fully saturated rings. The number of aliphatic carboxylic acids is 1. The van der Waals surface area contributed by atoms with E-state index < -0.39 is 11.4 Å². The van der Waals surface area contributed by atoms with Gasteiger partial charge >= 0.3 is 5.97 Å². The number of hydrogen-bond acceptors (Lipinski definition) is 2. The fourth-order valence-electron chi connectivity index (χ4n) is 1.43. The van der Waals surface area contributed by atoms with Crippen molar-refractivity contribution in [2.75, 3.05) is 7.11 Å². The van der Waals surface area contributed by atoms with E-state index in [9.17, 15) is 4.79 Å². The number of carbonyl (C=O) groups is 1. The van der Waals surface area contributed by atoms with Gasteiger partial charge in [0.25, 0.3) is 0 Å². The molecule has 0 bridgehead atoms. The minimum Gasteiger partial charge on any atom is -0.496 e. The first-order chi connectivity index (χ1) is 7.86. The molecule has 0 aliphatic carbocycles. The molecule has 0 aromatic heterocycles. The van der Waals surface area contributed by atoms with Gasteiger partial charge in [0.2, 0.25) is 0 Å². The highest BCUT2D eigenvalue weighted by Crippen LogP contribution is 2.28. The Kier molecular flexibility index (Phi) is 4.57. The highest BCUT2D eigenvalue weighted by molar-refractivity contribution is 9.10. The van der Waals surface area contributed by atoms with Gasteiger partial charge in [0, 0.05) is 0 Å². The average molecular weight is 301 g/mol. The van der Waals surface area contributed by atoms with E-state index in [0.717, 1.165) is 22.2 Å². The molecule has 0 aliphatic heterocycles. The van der Waals surface area contributed by atoms with Crippen molar-refractivity contribution < 1.29 is 14.6 Å². The molecule has 3 nitrogen and oxygen atoms in total. The third kappa shape index (κ3) is 3.73. The molecule has 0 saturated heterocycles. The molecular formula is C13H17BrO3. The summed E-state index contributed by atoms with van der Waals surface area (Å²) < 4.78 is 6.04. The minimum absolute atomic E-state index is 0.612. The number of carboxylic acid groups (broad SMARTS) is 1. The first kappa shape index (κ1) is 14.0. The molecular weight excluding hydrogens is 284 g/mol. The molecule has 0 saturated carbocycles. The van der Waals surface area contributed by atoms with Crippen LogP contribution in [0.5, 0.6) is 5.75 Å². The van der Waals surface area contributed by atoms with Gasteiger partial charge in [-0.1, -0.05) is 6.07 Å². The van der Waals surface area contributed by atoms with Crippen LogP contribution in [-0.4, -0.2) is 18.2 Å². The molecule has 1 aromatic rings. The Labute approximate surface area is 110 Å². The summed E-state index contributed by atoms with van der Waals surface area (Å²) >= 11 is 3.42. The first-order valence-electron chi connectivity index (χ1n) is 5.42. The fourth-order valence-corrected chi connectivity index (χ4v) is 2.02. The number of rotatable bonds is 5. The quantitative estimate of drug-likeness (QED) is 0.905. The molecule has 94 valence electrons. The van der Waals surface area contributed by atoms with Crippen LogP contribution in [0.25, 0.3) is 0 Å². The summed E-state index contributed by atoms with van der Waals surface area (Å²) in [5.41, 5.74) is 0.416. The molecule has 0 aliphatic rings. The largest absolute Gasteiger partial charge is 0.496 e. The molecule has 0 amide bonds. The Morgan fingerprint density at radius 2 is 2.12 bits per heavy atom. The molecule has 1 N–H and O–H groups in total. The van der Waals surface area contributed by atoms with Crippen LogP contribution in [-0.2, 0) is 11.2 Å². The van der Waals surface area contributed by atoms with Gasteiger partial charge in [-0.25, -0.2) is 0 Å². The van der Waals surface area contributed by atoms with Gasteiger partial charge in [-0.3, -0.25) is 4.79 Å². The van der Waals surface area contributed by atoms with E-state index in [1.54, 1.807) is 21.0 Å². The SMILES string of the molecule is COc1ccc(CCC(C)(C)C(=O)O)cc1Br. The van der Waals surface area contributed by atoms with E-state index >= 15 is 0 Å². The lowest BCUT2D eigenvalue weighted by atomic mass is 9.86. The second-order valence-corrected chi connectivity index (χ2v) is 5.51. The number of methoxy groups -OCH3 is 1. The van der Waals surface area contributed by atoms with Gasteiger partial charge < -0.3 is 9.84 Å². The fraction of sp³-hybridized carbons (Fsp3) is 0.462. The lowest BCUT2D eigenvalue weighted by Gasteiger charge is -2.18. The van der Waals surface area contributed by atoms with Crippen LogP contribution in [0.3, 0.4) is 0 Å². The van der Waals surface area contributed by atoms with Crippen LogP contribution in [0.2, 0.25) is 0 Å². The van der Waals surface area contributed by atoms with Crippen LogP contribution < -0.4 is 4.74 Å². The molecule has 17 heavy (non-hydrogen) atoms. The van der Waals surface area contributed by atoms with Crippen molar-refractivity contribution in [1.82, 2.24) is 0 Å². The summed E-state index contributed by atoms with van der Waals surface area (Å²) in [6, 6.07) is 5.81. The minimum atomic E-state index is -0.759. The second kappa shape index (κ2) is 5.54. The smallest absolute Gasteiger partial charge is 0.309 e. The Balaban J connectivity index is 2.71. The van der Waals surface area contributed by atoms with Crippen LogP contribution >= 0.6 is 15.9 Å². The molecule has 1 rings (SSSR count). The van der Waals surface area contributed by atoms with Gasteiger partial charge in [0.15, 0.2) is 0 Å². The summed E-state index contributed by atoms with van der Waals surface area (Å²) in [6.45, 7) is 3.49. The maximum Gasteiger partial charge on any atom is 0.309 e. The predicted molar refractivity (Wildman–Crippen MR) is 70.4 cm³/mol. The lowest BCUT2D eigenvalue weighted by molar-refractivity contribution is -0.147. The Hall–Kier alpha value is -1.03. The molecule has 0 unspecified atom stereocenters. The standard InChI is InChI=1S/C13H17BrO3/c1-13(2,12(15)16)7-6-9-4-5-11(17-3)10(14)8-9/h4-5,8H,6-7H2,1-3H3,(H,15,16). The Morgan fingerprint density at radius 1 is 1.47 bits per heavy atom. The van der Waals surface area contributed by atoms with Crippen molar-refractivity contribution in [2.45, 2.75) is 26.7 Å². The third-order valence-corrected chi connectivity index (χ3v) is 3.45. The topological polar surface area (TPSA) is 46.5 Å². The first-order valence-corrected chi connectivity index (χ1v) is 6.22. The van der Waals surface area contributed by atoms with Crippen LogP contribution in [0.15, 0.2) is 22.7 Å². The van der Waals surface area contributed by atoms with Crippen molar-refractivity contribution in [1.29, 1.82) is 0 Å². The summed E-state index contributed by atoms with van der Waals surface area (Å²) in [5, 5.41) is 9.03. The van der Waals surface area contributed by atoms with Crippen molar-refractivity contribution >= 4 is 21.9 Å². The summed E-state index contributed by atoms with van der Waals surface area (Å²) in [5.74, 6) is 0.0244. The van der Waals surface area contributed by atoms with Crippen LogP contribution in [0.4, 0.5) is 0 Å². The predicted octanol–water partition coefficient (Wildman–Crippen LogP) is 3.50. The van der Waals surface area contributed by atoms with Crippen molar-refractivity contribution in [2.24, 2.45) is 5.41 Å². The van der Waals surface area contributed by atoms with Crippen LogP contribution in [0.1, 0.15) is 25.8 Å². The molecule has 0 heterocycles. The highest BCUT2D eigenvalue weighted by atomic mass is 79.9. The number of benzene rings is 1.